The number of quaternary nitrogens is 1. The zero-order chi connectivity index (χ0) is 5.98. The van der Waals surface area contributed by atoms with Crippen molar-refractivity contribution in [1.29, 1.82) is 0 Å². The highest BCUT2D eigenvalue weighted by Gasteiger charge is 2.08. The monoisotopic (exact) mass is 113 g/mol. The van der Waals surface area contributed by atoms with Gasteiger partial charge in [-0.25, -0.2) is 0 Å². The summed E-state index contributed by atoms with van der Waals surface area (Å²) in [6, 6.07) is 0. The molecule has 1 aliphatic rings. The van der Waals surface area contributed by atoms with Crippen LogP contribution >= 0.6 is 0 Å². The summed E-state index contributed by atoms with van der Waals surface area (Å²) in [5.74, 6) is 0. The Kier molecular flexibility index (Phi) is 1.53. The van der Waals surface area contributed by atoms with Crippen molar-refractivity contribution in [2.24, 2.45) is 0 Å². The second-order valence-electron chi connectivity index (χ2n) is 2.23. The zero-order valence-corrected chi connectivity index (χ0v) is 5.52. The molecular weight excluding hydrogens is 100 g/mol. The van der Waals surface area contributed by atoms with Gasteiger partial charge >= 0.3 is 0 Å². The molecule has 0 saturated carbocycles. The molecule has 0 fully saturated rings. The molecule has 0 saturated heterocycles. The predicted octanol–water partition coefficient (Wildman–Crippen LogP) is -0.735. The first-order chi connectivity index (χ1) is 3.83. The van der Waals surface area contributed by atoms with E-state index in [-0.39, 0.29) is 0 Å². The van der Waals surface area contributed by atoms with Gasteiger partial charge in [-0.1, -0.05) is 0 Å². The highest BCUT2D eigenvalue weighted by atomic mass is 15.3. The number of rotatable bonds is 1. The van der Waals surface area contributed by atoms with Crippen molar-refractivity contribution >= 4 is 0 Å². The third-order valence-corrected chi connectivity index (χ3v) is 1.43. The topological polar surface area (TPSA) is 7.68 Å². The molecule has 0 aromatic carbocycles. The number of nitrogens with one attached hydrogen (secondary N) is 1. The SMILES string of the molecule is CCN1C=C[NH+](C)C1. The fraction of sp³-hybridized carbons (Fsp3) is 0.667. The third kappa shape index (κ3) is 1.01. The van der Waals surface area contributed by atoms with Crippen molar-refractivity contribution in [3.8, 4) is 0 Å². The van der Waals surface area contributed by atoms with Gasteiger partial charge in [0.1, 0.15) is 6.20 Å². The number of hydrogen-bond donors (Lipinski definition) is 1. The van der Waals surface area contributed by atoms with Gasteiger partial charge in [0.05, 0.1) is 13.2 Å². The van der Waals surface area contributed by atoms with Crippen molar-refractivity contribution in [3.05, 3.63) is 12.4 Å². The van der Waals surface area contributed by atoms with Crippen LogP contribution in [0.15, 0.2) is 12.4 Å². The molecule has 0 radical (unpaired) electrons. The maximum Gasteiger partial charge on any atom is 0.156 e. The van der Waals surface area contributed by atoms with Crippen LogP contribution in [0.4, 0.5) is 0 Å². The van der Waals surface area contributed by atoms with E-state index in [0.717, 1.165) is 13.2 Å². The Hall–Kier alpha value is -0.500. The largest absolute Gasteiger partial charge is 0.327 e. The predicted molar refractivity (Wildman–Crippen MR) is 33.3 cm³/mol. The molecule has 1 N–H and O–H groups in total. The summed E-state index contributed by atoms with van der Waals surface area (Å²) in [4.78, 5) is 3.75. The van der Waals surface area contributed by atoms with E-state index in [1.54, 1.807) is 0 Å². The minimum atomic E-state index is 1.13. The average Bonchev–Trinajstić information content (AvgIpc) is 2.14. The van der Waals surface area contributed by atoms with Gasteiger partial charge < -0.3 is 4.90 Å². The zero-order valence-electron chi connectivity index (χ0n) is 5.52. The van der Waals surface area contributed by atoms with Crippen molar-refractivity contribution in [2.45, 2.75) is 6.92 Å². The molecule has 1 atom stereocenters. The molecule has 8 heavy (non-hydrogen) atoms. The fourth-order valence-corrected chi connectivity index (χ4v) is 0.876. The van der Waals surface area contributed by atoms with Gasteiger partial charge in [-0.05, 0) is 6.92 Å². The molecule has 0 aromatic rings. The summed E-state index contributed by atoms with van der Waals surface area (Å²) in [5.41, 5.74) is 0. The van der Waals surface area contributed by atoms with E-state index in [9.17, 15) is 0 Å². The van der Waals surface area contributed by atoms with E-state index in [0.29, 0.717) is 0 Å². The summed E-state index contributed by atoms with van der Waals surface area (Å²) >= 11 is 0. The number of nitrogens with zero attached hydrogens (tertiary/aromatic N) is 1. The highest BCUT2D eigenvalue weighted by Crippen LogP contribution is 1.86. The average molecular weight is 113 g/mol. The molecule has 0 spiro atoms. The van der Waals surface area contributed by atoms with Crippen LogP contribution in [0.1, 0.15) is 6.92 Å². The lowest BCUT2D eigenvalue weighted by Gasteiger charge is -2.10. The van der Waals surface area contributed by atoms with Crippen LogP contribution in [0.25, 0.3) is 0 Å². The van der Waals surface area contributed by atoms with Crippen LogP contribution in [-0.2, 0) is 0 Å². The molecule has 2 heteroatoms. The summed E-state index contributed by atoms with van der Waals surface area (Å²) < 4.78 is 0. The van der Waals surface area contributed by atoms with Gasteiger partial charge in [0.25, 0.3) is 0 Å². The van der Waals surface area contributed by atoms with Gasteiger partial charge in [0.2, 0.25) is 0 Å². The molecule has 0 bridgehead atoms. The van der Waals surface area contributed by atoms with Gasteiger partial charge in [-0.15, -0.1) is 0 Å². The first-order valence-corrected chi connectivity index (χ1v) is 3.07. The quantitative estimate of drug-likeness (QED) is 0.471. The third-order valence-electron chi connectivity index (χ3n) is 1.43. The maximum absolute atomic E-state index is 2.29. The Labute approximate surface area is 50.4 Å². The van der Waals surface area contributed by atoms with E-state index in [4.69, 9.17) is 0 Å². The molecule has 0 amide bonds. The van der Waals surface area contributed by atoms with E-state index in [2.05, 4.69) is 31.3 Å². The molecule has 0 aliphatic carbocycles. The minimum Gasteiger partial charge on any atom is -0.327 e. The summed E-state index contributed by atoms with van der Waals surface area (Å²) in [6.07, 6.45) is 4.32. The van der Waals surface area contributed by atoms with Crippen LogP contribution < -0.4 is 4.90 Å². The summed E-state index contributed by atoms with van der Waals surface area (Å²) in [7, 11) is 2.16. The Morgan fingerprint density at radius 3 is 2.75 bits per heavy atom. The molecule has 1 unspecified atom stereocenters. The molecule has 1 heterocycles. The van der Waals surface area contributed by atoms with Crippen LogP contribution in [0.5, 0.6) is 0 Å². The van der Waals surface area contributed by atoms with Crippen molar-refractivity contribution in [1.82, 2.24) is 4.90 Å². The second-order valence-corrected chi connectivity index (χ2v) is 2.23. The molecular formula is C6H13N2+. The van der Waals surface area contributed by atoms with Gasteiger partial charge in [-0.2, -0.15) is 0 Å². The van der Waals surface area contributed by atoms with E-state index >= 15 is 0 Å². The van der Waals surface area contributed by atoms with E-state index in [1.165, 1.54) is 4.90 Å². The van der Waals surface area contributed by atoms with Crippen molar-refractivity contribution < 1.29 is 4.90 Å². The smallest absolute Gasteiger partial charge is 0.156 e. The second kappa shape index (κ2) is 2.18. The Morgan fingerprint density at radius 2 is 2.50 bits per heavy atom. The lowest BCUT2D eigenvalue weighted by molar-refractivity contribution is -0.826. The van der Waals surface area contributed by atoms with Crippen LogP contribution in [0.2, 0.25) is 0 Å². The molecule has 0 aromatic heterocycles. The summed E-state index contributed by atoms with van der Waals surface area (Å²) in [5, 5.41) is 0. The molecule has 1 aliphatic heterocycles. The molecule has 2 nitrogen and oxygen atoms in total. The van der Waals surface area contributed by atoms with E-state index in [1.807, 2.05) is 0 Å². The maximum atomic E-state index is 2.29. The van der Waals surface area contributed by atoms with Gasteiger partial charge in [0, 0.05) is 6.54 Å². The number of hydrogen-bond acceptors (Lipinski definition) is 1. The lowest BCUT2D eigenvalue weighted by atomic mass is 10.6. The van der Waals surface area contributed by atoms with Gasteiger partial charge in [-0.3, -0.25) is 4.90 Å². The minimum absolute atomic E-state index is 1.13. The fourth-order valence-electron chi connectivity index (χ4n) is 0.876. The first kappa shape index (κ1) is 5.63. The van der Waals surface area contributed by atoms with Crippen molar-refractivity contribution in [3.63, 3.8) is 0 Å². The first-order valence-electron chi connectivity index (χ1n) is 3.07. The van der Waals surface area contributed by atoms with Crippen LogP contribution in [0, 0.1) is 0 Å². The Morgan fingerprint density at radius 1 is 1.75 bits per heavy atom. The highest BCUT2D eigenvalue weighted by molar-refractivity contribution is 4.75. The Bertz CT molecular complexity index is 98.7. The lowest BCUT2D eigenvalue weighted by Crippen LogP contribution is -3.03. The van der Waals surface area contributed by atoms with E-state index < -0.39 is 0 Å². The van der Waals surface area contributed by atoms with Crippen LogP contribution in [-0.4, -0.2) is 25.2 Å². The van der Waals surface area contributed by atoms with Crippen LogP contribution in [0.3, 0.4) is 0 Å². The normalized spacial score (nSPS) is 27.2. The Balaban J connectivity index is 2.34. The molecule has 1 rings (SSSR count). The molecule has 46 valence electrons. The standard InChI is InChI=1S/C6H12N2/c1-3-8-5-4-7(2)6-8/h4-5H,3,6H2,1-2H3/p+1. The van der Waals surface area contributed by atoms with Crippen molar-refractivity contribution in [2.75, 3.05) is 20.3 Å². The summed E-state index contributed by atoms with van der Waals surface area (Å²) in [6.45, 7) is 4.44. The van der Waals surface area contributed by atoms with Gasteiger partial charge in [0.15, 0.2) is 6.67 Å².